The number of benzene rings is 1. The molecule has 0 amide bonds. The highest BCUT2D eigenvalue weighted by Crippen LogP contribution is 2.18. The van der Waals surface area contributed by atoms with Gasteiger partial charge in [0.15, 0.2) is 0 Å². The minimum atomic E-state index is -3.44. The van der Waals surface area contributed by atoms with E-state index in [-0.39, 0.29) is 5.75 Å². The van der Waals surface area contributed by atoms with Gasteiger partial charge in [-0.2, -0.15) is 0 Å². The van der Waals surface area contributed by atoms with Gasteiger partial charge in [-0.15, -0.1) is 0 Å². The van der Waals surface area contributed by atoms with Crippen molar-refractivity contribution in [3.8, 4) is 0 Å². The number of aryl methyl sites for hydroxylation is 1. The molecule has 0 atom stereocenters. The lowest BCUT2D eigenvalue weighted by atomic mass is 10.1. The third kappa shape index (κ3) is 2.71. The van der Waals surface area contributed by atoms with Crippen LogP contribution < -0.4 is 0 Å². The molecule has 0 N–H and O–H groups in total. The molecule has 2 rings (SSSR count). The van der Waals surface area contributed by atoms with E-state index >= 15 is 0 Å². The van der Waals surface area contributed by atoms with E-state index in [0.29, 0.717) is 6.42 Å². The van der Waals surface area contributed by atoms with Crippen LogP contribution in [0.25, 0.3) is 10.8 Å². The molecule has 84 valence electrons. The van der Waals surface area contributed by atoms with Crippen molar-refractivity contribution in [3.63, 3.8) is 0 Å². The van der Waals surface area contributed by atoms with Crippen LogP contribution in [-0.4, -0.2) is 19.2 Å². The third-order valence-corrected chi connectivity index (χ3v) is 3.54. The van der Waals surface area contributed by atoms with Crippen LogP contribution in [0.5, 0.6) is 0 Å². The minimum absolute atomic E-state index is 0.0530. The van der Waals surface area contributed by atoms with Gasteiger partial charge in [-0.05, 0) is 23.4 Å². The van der Waals surface area contributed by atoms with E-state index in [0.717, 1.165) is 16.3 Å². The normalized spacial score (nSPS) is 11.8. The maximum absolute atomic E-state index is 10.9. The van der Waals surface area contributed by atoms with Gasteiger partial charge in [-0.1, -0.05) is 18.2 Å². The summed E-state index contributed by atoms with van der Waals surface area (Å²) in [6.07, 6.45) is 3.87. The number of hydrogen-bond donors (Lipinski definition) is 0. The second-order valence-corrected chi connectivity index (χ2v) is 6.40. The van der Waals surface area contributed by atoms with Crippen molar-refractivity contribution in [2.45, 2.75) is 6.42 Å². The molecule has 5 heteroatoms. The Morgan fingerprint density at radius 2 is 2.06 bits per heavy atom. The standard InChI is InChI=1S/C11H10ClNO2S/c12-16(14,15)7-5-10-3-1-2-9-4-6-13-8-11(9)10/h1-4,6,8H,5,7H2. The average Bonchev–Trinajstić information content (AvgIpc) is 2.25. The largest absolute Gasteiger partial charge is 0.264 e. The summed E-state index contributed by atoms with van der Waals surface area (Å²) >= 11 is 0. The third-order valence-electron chi connectivity index (χ3n) is 2.39. The summed E-state index contributed by atoms with van der Waals surface area (Å²) in [5, 5.41) is 2.03. The molecule has 0 unspecified atom stereocenters. The van der Waals surface area contributed by atoms with Crippen LogP contribution in [0, 0.1) is 0 Å². The highest BCUT2D eigenvalue weighted by Gasteiger charge is 2.07. The van der Waals surface area contributed by atoms with Gasteiger partial charge < -0.3 is 0 Å². The van der Waals surface area contributed by atoms with E-state index < -0.39 is 9.05 Å². The van der Waals surface area contributed by atoms with Gasteiger partial charge in [0.1, 0.15) is 0 Å². The lowest BCUT2D eigenvalue weighted by molar-refractivity contribution is 0.609. The average molecular weight is 256 g/mol. The zero-order valence-electron chi connectivity index (χ0n) is 8.43. The highest BCUT2D eigenvalue weighted by atomic mass is 35.7. The first kappa shape index (κ1) is 11.4. The fourth-order valence-corrected chi connectivity index (χ4v) is 2.32. The molecule has 1 heterocycles. The molecular formula is C11H10ClNO2S. The summed E-state index contributed by atoms with van der Waals surface area (Å²) in [7, 11) is 1.75. The zero-order chi connectivity index (χ0) is 11.6. The number of pyridine rings is 1. The van der Waals surface area contributed by atoms with Crippen LogP contribution in [0.2, 0.25) is 0 Å². The quantitative estimate of drug-likeness (QED) is 0.791. The summed E-state index contributed by atoms with van der Waals surface area (Å²) in [4.78, 5) is 4.04. The Kier molecular flexibility index (Phi) is 3.12. The van der Waals surface area contributed by atoms with Crippen LogP contribution in [0.1, 0.15) is 5.56 Å². The van der Waals surface area contributed by atoms with Crippen molar-refractivity contribution in [1.29, 1.82) is 0 Å². The molecule has 1 aromatic carbocycles. The summed E-state index contributed by atoms with van der Waals surface area (Å²) in [5.41, 5.74) is 0.954. The van der Waals surface area contributed by atoms with Gasteiger partial charge in [0, 0.05) is 28.5 Å². The molecule has 0 fully saturated rings. The Hall–Kier alpha value is -1.13. The fourth-order valence-electron chi connectivity index (χ4n) is 1.63. The Morgan fingerprint density at radius 1 is 1.25 bits per heavy atom. The van der Waals surface area contributed by atoms with Crippen LogP contribution in [-0.2, 0) is 15.5 Å². The van der Waals surface area contributed by atoms with Crippen molar-refractivity contribution in [2.24, 2.45) is 0 Å². The van der Waals surface area contributed by atoms with Crippen molar-refractivity contribution < 1.29 is 8.42 Å². The SMILES string of the molecule is O=S(=O)(Cl)CCc1cccc2ccncc12. The van der Waals surface area contributed by atoms with E-state index in [1.165, 1.54) is 0 Å². The monoisotopic (exact) mass is 255 g/mol. The summed E-state index contributed by atoms with van der Waals surface area (Å²) in [6.45, 7) is 0. The van der Waals surface area contributed by atoms with Crippen molar-refractivity contribution in [2.75, 3.05) is 5.75 Å². The van der Waals surface area contributed by atoms with Crippen molar-refractivity contribution in [3.05, 3.63) is 42.2 Å². The number of rotatable bonds is 3. The first-order chi connectivity index (χ1) is 7.56. The lowest BCUT2D eigenvalue weighted by Crippen LogP contribution is -2.01. The second-order valence-electron chi connectivity index (χ2n) is 3.51. The molecule has 2 aromatic rings. The Morgan fingerprint density at radius 3 is 2.81 bits per heavy atom. The number of aromatic nitrogens is 1. The van der Waals surface area contributed by atoms with Gasteiger partial charge in [-0.3, -0.25) is 4.98 Å². The molecule has 0 bridgehead atoms. The van der Waals surface area contributed by atoms with Gasteiger partial charge in [-0.25, -0.2) is 8.42 Å². The van der Waals surface area contributed by atoms with E-state index in [1.807, 2.05) is 24.3 Å². The predicted molar refractivity (Wildman–Crippen MR) is 65.1 cm³/mol. The van der Waals surface area contributed by atoms with Gasteiger partial charge >= 0.3 is 0 Å². The molecule has 3 nitrogen and oxygen atoms in total. The van der Waals surface area contributed by atoms with Crippen LogP contribution in [0.3, 0.4) is 0 Å². The first-order valence-corrected chi connectivity index (χ1v) is 7.28. The molecule has 0 aliphatic carbocycles. The molecule has 0 aliphatic heterocycles. The van der Waals surface area contributed by atoms with Gasteiger partial charge in [0.05, 0.1) is 5.75 Å². The highest BCUT2D eigenvalue weighted by molar-refractivity contribution is 8.13. The maximum atomic E-state index is 10.9. The summed E-state index contributed by atoms with van der Waals surface area (Å²) in [6, 6.07) is 7.66. The van der Waals surface area contributed by atoms with Crippen molar-refractivity contribution >= 4 is 30.5 Å². The lowest BCUT2D eigenvalue weighted by Gasteiger charge is -2.04. The van der Waals surface area contributed by atoms with Gasteiger partial charge in [0.25, 0.3) is 0 Å². The van der Waals surface area contributed by atoms with Crippen LogP contribution >= 0.6 is 10.7 Å². The van der Waals surface area contributed by atoms with Crippen LogP contribution in [0.4, 0.5) is 0 Å². The first-order valence-electron chi connectivity index (χ1n) is 4.80. The number of hydrogen-bond acceptors (Lipinski definition) is 3. The molecule has 16 heavy (non-hydrogen) atoms. The molecule has 0 radical (unpaired) electrons. The fraction of sp³-hybridized carbons (Fsp3) is 0.182. The van der Waals surface area contributed by atoms with E-state index in [4.69, 9.17) is 10.7 Å². The van der Waals surface area contributed by atoms with E-state index in [9.17, 15) is 8.42 Å². The predicted octanol–water partition coefficient (Wildman–Crippen LogP) is 2.35. The Balaban J connectivity index is 2.38. The van der Waals surface area contributed by atoms with E-state index in [2.05, 4.69) is 4.98 Å². The summed E-state index contributed by atoms with van der Waals surface area (Å²) < 4.78 is 21.8. The number of fused-ring (bicyclic) bond motifs is 1. The number of halogens is 1. The molecule has 0 aliphatic rings. The molecule has 0 saturated heterocycles. The van der Waals surface area contributed by atoms with Crippen molar-refractivity contribution in [1.82, 2.24) is 4.98 Å². The molecular weight excluding hydrogens is 246 g/mol. The zero-order valence-corrected chi connectivity index (χ0v) is 10.0. The summed E-state index contributed by atoms with van der Waals surface area (Å²) in [5.74, 6) is -0.0530. The number of nitrogens with zero attached hydrogens (tertiary/aromatic N) is 1. The maximum Gasteiger partial charge on any atom is 0.232 e. The van der Waals surface area contributed by atoms with Gasteiger partial charge in [0.2, 0.25) is 9.05 Å². The Labute approximate surface area is 98.5 Å². The molecule has 0 saturated carbocycles. The topological polar surface area (TPSA) is 47.0 Å². The minimum Gasteiger partial charge on any atom is -0.264 e. The van der Waals surface area contributed by atoms with E-state index in [1.54, 1.807) is 12.4 Å². The Bertz CT molecular complexity index is 605. The second kappa shape index (κ2) is 4.39. The molecule has 0 spiro atoms. The molecule has 1 aromatic heterocycles. The smallest absolute Gasteiger partial charge is 0.232 e. The van der Waals surface area contributed by atoms with Crippen LogP contribution in [0.15, 0.2) is 36.7 Å².